The van der Waals surface area contributed by atoms with E-state index in [1.807, 2.05) is 33.0 Å². The lowest BCUT2D eigenvalue weighted by molar-refractivity contribution is 0.144. The normalized spacial score (nSPS) is 17.1. The van der Waals surface area contributed by atoms with Gasteiger partial charge in [0, 0.05) is 33.2 Å². The van der Waals surface area contributed by atoms with Crippen molar-refractivity contribution in [2.24, 2.45) is 7.05 Å². The fraction of sp³-hybridized carbons (Fsp3) is 0.500. The molecule has 2 aromatic rings. The van der Waals surface area contributed by atoms with Crippen molar-refractivity contribution in [3.8, 4) is 0 Å². The van der Waals surface area contributed by atoms with E-state index in [0.29, 0.717) is 42.5 Å². The monoisotopic (exact) mass is 381 g/mol. The topological polar surface area (TPSA) is 63.4 Å². The van der Waals surface area contributed by atoms with Crippen molar-refractivity contribution in [3.05, 3.63) is 40.4 Å². The third-order valence-electron chi connectivity index (χ3n) is 4.50. The summed E-state index contributed by atoms with van der Waals surface area (Å²) in [5.74, 6) is 0. The molecule has 0 N–H and O–H groups in total. The second kappa shape index (κ2) is 6.99. The third-order valence-corrected chi connectivity index (χ3v) is 7.06. The first-order chi connectivity index (χ1) is 11.8. The van der Waals surface area contributed by atoms with Crippen molar-refractivity contribution in [2.45, 2.75) is 25.4 Å². The highest BCUT2D eigenvalue weighted by atomic mass is 32.2. The predicted molar refractivity (Wildman–Crippen MR) is 98.3 cm³/mol. The molecular formula is C16H23N5O2S2. The van der Waals surface area contributed by atoms with E-state index in [2.05, 4.69) is 10.00 Å². The van der Waals surface area contributed by atoms with Gasteiger partial charge in [0.05, 0.1) is 11.6 Å². The molecule has 1 aromatic carbocycles. The van der Waals surface area contributed by atoms with Crippen molar-refractivity contribution in [1.29, 1.82) is 0 Å². The Hall–Kier alpha value is -1.55. The summed E-state index contributed by atoms with van der Waals surface area (Å²) in [6.45, 7) is 6.64. The molecule has 9 heteroatoms. The van der Waals surface area contributed by atoms with Crippen LogP contribution in [0.1, 0.15) is 11.1 Å². The number of aromatic nitrogens is 3. The molecule has 1 fully saturated rings. The predicted octanol–water partition coefficient (Wildman–Crippen LogP) is 1.53. The van der Waals surface area contributed by atoms with Gasteiger partial charge < -0.3 is 4.57 Å². The summed E-state index contributed by atoms with van der Waals surface area (Å²) >= 11 is 5.30. The van der Waals surface area contributed by atoms with Crippen molar-refractivity contribution in [2.75, 3.05) is 26.2 Å². The number of rotatable bonds is 4. The Labute approximate surface area is 153 Å². The van der Waals surface area contributed by atoms with E-state index in [9.17, 15) is 8.42 Å². The minimum atomic E-state index is -3.45. The standard InChI is InChI=1S/C16H23N5O2S2/c1-13-4-5-15(14(2)10-13)25(22,23)20-8-6-19(7-9-20)12-21-16(24)18(3)11-17-21/h4-5,10-11H,6-9,12H2,1-3H3. The average molecular weight is 382 g/mol. The molecule has 1 aromatic heterocycles. The van der Waals surface area contributed by atoms with Crippen LogP contribution in [0.3, 0.4) is 0 Å². The molecular weight excluding hydrogens is 358 g/mol. The highest BCUT2D eigenvalue weighted by Crippen LogP contribution is 2.22. The molecule has 0 unspecified atom stereocenters. The van der Waals surface area contributed by atoms with Crippen molar-refractivity contribution in [3.63, 3.8) is 0 Å². The number of nitrogens with zero attached hydrogens (tertiary/aromatic N) is 5. The van der Waals surface area contributed by atoms with Crippen molar-refractivity contribution in [1.82, 2.24) is 23.6 Å². The Bertz CT molecular complexity index is 924. The Kier molecular flexibility index (Phi) is 5.10. The smallest absolute Gasteiger partial charge is 0.243 e. The van der Waals surface area contributed by atoms with Gasteiger partial charge in [-0.25, -0.2) is 13.1 Å². The average Bonchev–Trinajstić information content (AvgIpc) is 2.87. The van der Waals surface area contributed by atoms with Gasteiger partial charge in [0.15, 0.2) is 4.77 Å². The van der Waals surface area contributed by atoms with Gasteiger partial charge in [-0.3, -0.25) is 4.90 Å². The van der Waals surface area contributed by atoms with Crippen molar-refractivity contribution >= 4 is 22.2 Å². The van der Waals surface area contributed by atoms with Gasteiger partial charge in [-0.2, -0.15) is 9.40 Å². The van der Waals surface area contributed by atoms with Gasteiger partial charge in [-0.1, -0.05) is 17.7 Å². The molecule has 2 heterocycles. The first-order valence-electron chi connectivity index (χ1n) is 8.17. The molecule has 136 valence electrons. The van der Waals surface area contributed by atoms with E-state index in [-0.39, 0.29) is 0 Å². The third kappa shape index (κ3) is 3.69. The van der Waals surface area contributed by atoms with Gasteiger partial charge in [0.25, 0.3) is 0 Å². The van der Waals surface area contributed by atoms with Gasteiger partial charge >= 0.3 is 0 Å². The number of sulfonamides is 1. The van der Waals surface area contributed by atoms with E-state index in [4.69, 9.17) is 12.2 Å². The first-order valence-corrected chi connectivity index (χ1v) is 10.0. The maximum absolute atomic E-state index is 12.9. The second-order valence-corrected chi connectivity index (χ2v) is 8.73. The maximum Gasteiger partial charge on any atom is 0.243 e. The molecule has 1 aliphatic rings. The van der Waals surface area contributed by atoms with E-state index in [1.54, 1.807) is 25.9 Å². The quantitative estimate of drug-likeness (QED) is 0.752. The van der Waals surface area contributed by atoms with Crippen LogP contribution in [-0.4, -0.2) is 58.1 Å². The zero-order valence-corrected chi connectivity index (χ0v) is 16.3. The molecule has 25 heavy (non-hydrogen) atoms. The first kappa shape index (κ1) is 18.2. The molecule has 0 saturated carbocycles. The maximum atomic E-state index is 12.9. The van der Waals surface area contributed by atoms with Gasteiger partial charge in [0.2, 0.25) is 10.0 Å². The van der Waals surface area contributed by atoms with Crippen LogP contribution in [0.4, 0.5) is 0 Å². The van der Waals surface area contributed by atoms with E-state index in [0.717, 1.165) is 11.1 Å². The van der Waals surface area contributed by atoms with E-state index >= 15 is 0 Å². The summed E-state index contributed by atoms with van der Waals surface area (Å²) in [4.78, 5) is 2.56. The minimum Gasteiger partial charge on any atom is -0.310 e. The van der Waals surface area contributed by atoms with Gasteiger partial charge in [-0.15, -0.1) is 0 Å². The van der Waals surface area contributed by atoms with Crippen molar-refractivity contribution < 1.29 is 8.42 Å². The fourth-order valence-corrected chi connectivity index (χ4v) is 4.83. The SMILES string of the molecule is Cc1ccc(S(=O)(=O)N2CCN(Cn3ncn(C)c3=S)CC2)c(C)c1. The summed E-state index contributed by atoms with van der Waals surface area (Å²) in [5, 5.41) is 4.25. The number of benzene rings is 1. The molecule has 3 rings (SSSR count). The van der Waals surface area contributed by atoms with Crippen LogP contribution in [0.5, 0.6) is 0 Å². The summed E-state index contributed by atoms with van der Waals surface area (Å²) in [6.07, 6.45) is 1.68. The van der Waals surface area contributed by atoms with Crippen LogP contribution in [0, 0.1) is 18.6 Å². The second-order valence-electron chi connectivity index (χ2n) is 6.46. The highest BCUT2D eigenvalue weighted by Gasteiger charge is 2.29. The lowest BCUT2D eigenvalue weighted by atomic mass is 10.2. The summed E-state index contributed by atoms with van der Waals surface area (Å²) in [7, 11) is -1.59. The lowest BCUT2D eigenvalue weighted by Gasteiger charge is -2.34. The minimum absolute atomic E-state index is 0.401. The van der Waals surface area contributed by atoms with Crippen LogP contribution >= 0.6 is 12.2 Å². The molecule has 0 aliphatic carbocycles. The Morgan fingerprint density at radius 3 is 2.40 bits per heavy atom. The van der Waals surface area contributed by atoms with Crippen LogP contribution in [0.25, 0.3) is 0 Å². The largest absolute Gasteiger partial charge is 0.310 e. The Balaban J connectivity index is 1.69. The van der Waals surface area contributed by atoms with Crippen LogP contribution in [0.2, 0.25) is 0 Å². The van der Waals surface area contributed by atoms with Crippen LogP contribution in [0.15, 0.2) is 29.4 Å². The molecule has 0 amide bonds. The summed E-state index contributed by atoms with van der Waals surface area (Å²) < 4.78 is 31.6. The molecule has 1 aliphatic heterocycles. The van der Waals surface area contributed by atoms with Gasteiger partial charge in [0.1, 0.15) is 6.33 Å². The Morgan fingerprint density at radius 2 is 1.84 bits per heavy atom. The highest BCUT2D eigenvalue weighted by molar-refractivity contribution is 7.89. The van der Waals surface area contributed by atoms with Crippen LogP contribution < -0.4 is 0 Å². The zero-order chi connectivity index (χ0) is 18.2. The van der Waals surface area contributed by atoms with E-state index in [1.165, 1.54) is 0 Å². The molecule has 0 bridgehead atoms. The summed E-state index contributed by atoms with van der Waals surface area (Å²) in [6, 6.07) is 5.46. The molecule has 0 atom stereocenters. The lowest BCUT2D eigenvalue weighted by Crippen LogP contribution is -2.49. The Morgan fingerprint density at radius 1 is 1.16 bits per heavy atom. The number of aryl methyl sites for hydroxylation is 3. The summed E-state index contributed by atoms with van der Waals surface area (Å²) in [5.41, 5.74) is 1.86. The van der Waals surface area contributed by atoms with E-state index < -0.39 is 10.0 Å². The number of piperazine rings is 1. The molecule has 1 saturated heterocycles. The molecule has 0 spiro atoms. The molecule has 7 nitrogen and oxygen atoms in total. The number of hydrogen-bond acceptors (Lipinski definition) is 5. The molecule has 0 radical (unpaired) electrons. The fourth-order valence-electron chi connectivity index (χ4n) is 3.05. The van der Waals surface area contributed by atoms with Gasteiger partial charge in [-0.05, 0) is 37.7 Å². The van der Waals surface area contributed by atoms with Crippen LogP contribution in [-0.2, 0) is 23.7 Å². The zero-order valence-electron chi connectivity index (χ0n) is 14.7. The number of hydrogen-bond donors (Lipinski definition) is 0.